The number of rotatable bonds is 4. The molecule has 104 valence electrons. The molecule has 0 radical (unpaired) electrons. The van der Waals surface area contributed by atoms with Crippen LogP contribution in [0.2, 0.25) is 0 Å². The van der Waals surface area contributed by atoms with Gasteiger partial charge in [-0.25, -0.2) is 4.79 Å². The van der Waals surface area contributed by atoms with Gasteiger partial charge in [0, 0.05) is 0 Å². The van der Waals surface area contributed by atoms with Gasteiger partial charge in [0.1, 0.15) is 0 Å². The topological polar surface area (TPSA) is 55.8 Å². The molecule has 0 amide bonds. The highest BCUT2D eigenvalue weighted by molar-refractivity contribution is 5.89. The minimum absolute atomic E-state index is 0.154. The van der Waals surface area contributed by atoms with Crippen LogP contribution in [0.1, 0.15) is 41.6 Å². The predicted molar refractivity (Wildman–Crippen MR) is 70.8 cm³/mol. The number of carbonyl (C=O) groups excluding carboxylic acids is 1. The minimum Gasteiger partial charge on any atom is -0.465 e. The molecule has 0 bridgehead atoms. The summed E-state index contributed by atoms with van der Waals surface area (Å²) in [4.78, 5) is 11.3. The molecule has 1 N–H and O–H groups in total. The Morgan fingerprint density at radius 2 is 1.84 bits per heavy atom. The van der Waals surface area contributed by atoms with E-state index >= 15 is 0 Å². The summed E-state index contributed by atoms with van der Waals surface area (Å²) < 4.78 is 10.5. The summed E-state index contributed by atoms with van der Waals surface area (Å²) in [6.45, 7) is 0.544. The third-order valence-corrected chi connectivity index (χ3v) is 3.50. The molecule has 0 saturated heterocycles. The lowest BCUT2D eigenvalue weighted by Gasteiger charge is -2.25. The number of methoxy groups -OCH3 is 1. The van der Waals surface area contributed by atoms with Gasteiger partial charge in [-0.1, -0.05) is 12.1 Å². The number of ether oxygens (including phenoxy) is 2. The first-order valence-corrected chi connectivity index (χ1v) is 6.66. The Bertz CT molecular complexity index is 405. The molecule has 1 aromatic rings. The number of benzene rings is 1. The van der Waals surface area contributed by atoms with Crippen molar-refractivity contribution in [3.8, 4) is 0 Å². The Labute approximate surface area is 113 Å². The second kappa shape index (κ2) is 6.68. The molecule has 0 unspecified atom stereocenters. The van der Waals surface area contributed by atoms with Crippen LogP contribution in [-0.4, -0.2) is 30.4 Å². The van der Waals surface area contributed by atoms with Gasteiger partial charge in [0.2, 0.25) is 0 Å². The van der Waals surface area contributed by atoms with Crippen molar-refractivity contribution in [1.82, 2.24) is 0 Å². The van der Waals surface area contributed by atoms with Crippen LogP contribution in [0.4, 0.5) is 0 Å². The van der Waals surface area contributed by atoms with Gasteiger partial charge in [0.15, 0.2) is 0 Å². The van der Waals surface area contributed by atoms with E-state index in [9.17, 15) is 9.90 Å². The van der Waals surface area contributed by atoms with Crippen molar-refractivity contribution in [2.45, 2.75) is 44.5 Å². The molecule has 0 aliphatic heterocycles. The molecular weight excluding hydrogens is 244 g/mol. The lowest BCUT2D eigenvalue weighted by Crippen LogP contribution is -2.24. The number of hydrogen-bond acceptors (Lipinski definition) is 4. The van der Waals surface area contributed by atoms with Crippen LogP contribution in [0.15, 0.2) is 24.3 Å². The third-order valence-electron chi connectivity index (χ3n) is 3.50. The molecule has 1 saturated carbocycles. The summed E-state index contributed by atoms with van der Waals surface area (Å²) >= 11 is 0. The van der Waals surface area contributed by atoms with Gasteiger partial charge < -0.3 is 14.6 Å². The van der Waals surface area contributed by atoms with E-state index in [1.54, 1.807) is 12.1 Å². The molecule has 0 heterocycles. The Hall–Kier alpha value is -1.39. The van der Waals surface area contributed by atoms with Crippen LogP contribution in [0, 0.1) is 0 Å². The van der Waals surface area contributed by atoms with Crippen LogP contribution in [0.5, 0.6) is 0 Å². The number of esters is 1. The summed E-state index contributed by atoms with van der Waals surface area (Å²) in [5.74, 6) is -0.325. The van der Waals surface area contributed by atoms with E-state index in [0.717, 1.165) is 31.2 Å². The standard InChI is InChI=1S/C15H20O4/c1-18-15(17)12-4-2-11(3-5-12)10-19-14-8-6-13(16)7-9-14/h2-5,13-14,16H,6-10H2,1H3. The summed E-state index contributed by atoms with van der Waals surface area (Å²) in [5, 5.41) is 9.42. The zero-order valence-corrected chi connectivity index (χ0v) is 11.2. The van der Waals surface area contributed by atoms with Crippen molar-refractivity contribution in [3.05, 3.63) is 35.4 Å². The maximum Gasteiger partial charge on any atom is 0.337 e. The molecule has 1 aromatic carbocycles. The van der Waals surface area contributed by atoms with Gasteiger partial charge in [0.25, 0.3) is 0 Å². The SMILES string of the molecule is COC(=O)c1ccc(COC2CCC(O)CC2)cc1. The average Bonchev–Trinajstić information content (AvgIpc) is 2.46. The summed E-state index contributed by atoms with van der Waals surface area (Å²) in [7, 11) is 1.37. The van der Waals surface area contributed by atoms with Gasteiger partial charge in [-0.05, 0) is 43.4 Å². The lowest BCUT2D eigenvalue weighted by molar-refractivity contribution is -0.0118. The second-order valence-electron chi connectivity index (χ2n) is 4.93. The van der Waals surface area contributed by atoms with Crippen molar-refractivity contribution < 1.29 is 19.4 Å². The highest BCUT2D eigenvalue weighted by Gasteiger charge is 2.19. The fourth-order valence-corrected chi connectivity index (χ4v) is 2.28. The number of carbonyl (C=O) groups is 1. The van der Waals surface area contributed by atoms with Gasteiger partial charge in [-0.15, -0.1) is 0 Å². The molecular formula is C15H20O4. The smallest absolute Gasteiger partial charge is 0.337 e. The van der Waals surface area contributed by atoms with Crippen LogP contribution in [0.25, 0.3) is 0 Å². The van der Waals surface area contributed by atoms with Crippen LogP contribution >= 0.6 is 0 Å². The molecule has 1 aliphatic carbocycles. The maximum atomic E-state index is 11.3. The zero-order chi connectivity index (χ0) is 13.7. The first-order valence-electron chi connectivity index (χ1n) is 6.66. The van der Waals surface area contributed by atoms with E-state index in [0.29, 0.717) is 12.2 Å². The molecule has 1 fully saturated rings. The van der Waals surface area contributed by atoms with E-state index in [-0.39, 0.29) is 18.2 Å². The molecule has 4 nitrogen and oxygen atoms in total. The normalized spacial score (nSPS) is 23.1. The monoisotopic (exact) mass is 264 g/mol. The van der Waals surface area contributed by atoms with E-state index in [1.807, 2.05) is 12.1 Å². The first kappa shape index (κ1) is 14.0. The lowest BCUT2D eigenvalue weighted by atomic mass is 9.95. The molecule has 0 atom stereocenters. The van der Waals surface area contributed by atoms with Crippen LogP contribution < -0.4 is 0 Å². The van der Waals surface area contributed by atoms with Gasteiger partial charge >= 0.3 is 5.97 Å². The first-order chi connectivity index (χ1) is 9.19. The molecule has 4 heteroatoms. The molecule has 0 aromatic heterocycles. The number of aliphatic hydroxyl groups excluding tert-OH is 1. The number of aliphatic hydroxyl groups is 1. The van der Waals surface area contributed by atoms with E-state index < -0.39 is 0 Å². The Morgan fingerprint density at radius 1 is 1.21 bits per heavy atom. The maximum absolute atomic E-state index is 11.3. The summed E-state index contributed by atoms with van der Waals surface area (Å²) in [6, 6.07) is 7.25. The second-order valence-corrected chi connectivity index (χ2v) is 4.93. The predicted octanol–water partition coefficient (Wildman–Crippen LogP) is 2.29. The van der Waals surface area contributed by atoms with Crippen molar-refractivity contribution in [1.29, 1.82) is 0 Å². The Morgan fingerprint density at radius 3 is 2.42 bits per heavy atom. The quantitative estimate of drug-likeness (QED) is 0.848. The zero-order valence-electron chi connectivity index (χ0n) is 11.2. The van der Waals surface area contributed by atoms with E-state index in [1.165, 1.54) is 7.11 Å². The summed E-state index contributed by atoms with van der Waals surface area (Å²) in [6.07, 6.45) is 3.57. The van der Waals surface area contributed by atoms with Crippen molar-refractivity contribution in [2.24, 2.45) is 0 Å². The largest absolute Gasteiger partial charge is 0.465 e. The molecule has 19 heavy (non-hydrogen) atoms. The van der Waals surface area contributed by atoms with Crippen molar-refractivity contribution >= 4 is 5.97 Å². The Kier molecular flexibility index (Phi) is 4.93. The summed E-state index contributed by atoms with van der Waals surface area (Å²) in [5.41, 5.74) is 1.59. The molecule has 2 rings (SSSR count). The number of hydrogen-bond donors (Lipinski definition) is 1. The fourth-order valence-electron chi connectivity index (χ4n) is 2.28. The van der Waals surface area contributed by atoms with Crippen molar-refractivity contribution in [3.63, 3.8) is 0 Å². The molecule has 1 aliphatic rings. The van der Waals surface area contributed by atoms with Gasteiger partial charge in [-0.2, -0.15) is 0 Å². The fraction of sp³-hybridized carbons (Fsp3) is 0.533. The highest BCUT2D eigenvalue weighted by atomic mass is 16.5. The van der Waals surface area contributed by atoms with Crippen molar-refractivity contribution in [2.75, 3.05) is 7.11 Å². The van der Waals surface area contributed by atoms with Gasteiger partial charge in [-0.3, -0.25) is 0 Å². The highest BCUT2D eigenvalue weighted by Crippen LogP contribution is 2.22. The average molecular weight is 264 g/mol. The Balaban J connectivity index is 1.81. The van der Waals surface area contributed by atoms with Crippen LogP contribution in [0.3, 0.4) is 0 Å². The van der Waals surface area contributed by atoms with Gasteiger partial charge in [0.05, 0.1) is 31.5 Å². The minimum atomic E-state index is -0.325. The van der Waals surface area contributed by atoms with Crippen LogP contribution in [-0.2, 0) is 16.1 Å². The molecule has 0 spiro atoms. The van der Waals surface area contributed by atoms with E-state index in [4.69, 9.17) is 4.74 Å². The van der Waals surface area contributed by atoms with E-state index in [2.05, 4.69) is 4.74 Å². The third kappa shape index (κ3) is 4.04.